The van der Waals surface area contributed by atoms with Crippen molar-refractivity contribution in [2.24, 2.45) is 0 Å². The Kier molecular flexibility index (Phi) is 11.8. The van der Waals surface area contributed by atoms with Gasteiger partial charge in [0.2, 0.25) is 5.91 Å². The number of carboxylic acid groups (broad SMARTS) is 2. The molecular formula is C19H23F6N7O5. The fraction of sp³-hybridized carbons (Fsp3) is 0.526. The maximum Gasteiger partial charge on any atom is 0.490 e. The standard InChI is InChI=1S/C15H21N7O.2C2HF3O2/c1-12(22-11-17-19-20-22)15(23)18-14-4-7-21(8-5-14)10-13-3-2-6-16-9-13;2*3-2(4,5)1(6)7/h2-3,6,9,11-12,14H,4-5,7-8,10H2,1H3,(H,18,23);2*(H,6,7)/t12-;;/m0../s1. The summed E-state index contributed by atoms with van der Waals surface area (Å²) in [6.07, 6.45) is -3.11. The molecule has 1 amide bonds. The van der Waals surface area contributed by atoms with Gasteiger partial charge in [-0.2, -0.15) is 26.3 Å². The highest BCUT2D eigenvalue weighted by atomic mass is 19.4. The van der Waals surface area contributed by atoms with E-state index in [1.807, 2.05) is 12.3 Å². The Balaban J connectivity index is 0.000000404. The van der Waals surface area contributed by atoms with Crippen LogP contribution in [0.5, 0.6) is 0 Å². The molecule has 3 N–H and O–H groups in total. The molecule has 12 nitrogen and oxygen atoms in total. The molecule has 18 heteroatoms. The molecule has 1 fully saturated rings. The molecule has 2 aromatic rings. The summed E-state index contributed by atoms with van der Waals surface area (Å²) < 4.78 is 64.9. The molecule has 1 atom stereocenters. The molecule has 3 rings (SSSR count). The summed E-state index contributed by atoms with van der Waals surface area (Å²) in [6.45, 7) is 4.65. The summed E-state index contributed by atoms with van der Waals surface area (Å²) in [7, 11) is 0. The van der Waals surface area contributed by atoms with Gasteiger partial charge in [-0.25, -0.2) is 14.3 Å². The average molecular weight is 543 g/mol. The maximum absolute atomic E-state index is 12.2. The minimum atomic E-state index is -5.08. The third kappa shape index (κ3) is 12.1. The second-order valence-corrected chi connectivity index (χ2v) is 7.49. The van der Waals surface area contributed by atoms with Crippen molar-refractivity contribution < 1.29 is 50.9 Å². The molecule has 206 valence electrons. The van der Waals surface area contributed by atoms with E-state index < -0.39 is 30.3 Å². The number of rotatable bonds is 5. The first-order valence-electron chi connectivity index (χ1n) is 10.4. The minimum absolute atomic E-state index is 0.0389. The molecule has 0 saturated carbocycles. The first kappa shape index (κ1) is 31.2. The van der Waals surface area contributed by atoms with Crippen molar-refractivity contribution in [3.63, 3.8) is 0 Å². The normalized spacial score (nSPS) is 15.3. The quantitative estimate of drug-likeness (QED) is 0.473. The van der Waals surface area contributed by atoms with Gasteiger partial charge in [0.25, 0.3) is 0 Å². The van der Waals surface area contributed by atoms with Crippen LogP contribution < -0.4 is 5.32 Å². The molecule has 0 bridgehead atoms. The van der Waals surface area contributed by atoms with Crippen LogP contribution in [0.15, 0.2) is 30.9 Å². The van der Waals surface area contributed by atoms with Gasteiger partial charge in [-0.05, 0) is 41.8 Å². The Hall–Kier alpha value is -3.83. The van der Waals surface area contributed by atoms with Crippen molar-refractivity contribution in [1.82, 2.24) is 35.4 Å². The molecule has 37 heavy (non-hydrogen) atoms. The number of nitrogens with one attached hydrogen (secondary N) is 1. The predicted octanol–water partition coefficient (Wildman–Crippen LogP) is 1.68. The number of pyridine rings is 1. The Morgan fingerprint density at radius 1 is 1.08 bits per heavy atom. The van der Waals surface area contributed by atoms with Crippen LogP contribution in [0, 0.1) is 0 Å². The number of likely N-dealkylation sites (tertiary alicyclic amines) is 1. The maximum atomic E-state index is 12.2. The molecule has 1 aliphatic heterocycles. The molecule has 2 aromatic heterocycles. The van der Waals surface area contributed by atoms with E-state index in [0.29, 0.717) is 0 Å². The number of halogens is 6. The largest absolute Gasteiger partial charge is 0.490 e. The number of aromatic nitrogens is 5. The third-order valence-corrected chi connectivity index (χ3v) is 4.69. The molecule has 0 unspecified atom stereocenters. The number of hydrogen-bond donors (Lipinski definition) is 3. The number of nitrogens with zero attached hydrogens (tertiary/aromatic N) is 6. The Morgan fingerprint density at radius 2 is 1.62 bits per heavy atom. The summed E-state index contributed by atoms with van der Waals surface area (Å²) in [5, 5.41) is 28.2. The van der Waals surface area contributed by atoms with Crippen LogP contribution in [0.25, 0.3) is 0 Å². The van der Waals surface area contributed by atoms with Crippen molar-refractivity contribution in [1.29, 1.82) is 0 Å². The minimum Gasteiger partial charge on any atom is -0.475 e. The van der Waals surface area contributed by atoms with Crippen molar-refractivity contribution >= 4 is 17.8 Å². The summed E-state index contributed by atoms with van der Waals surface area (Å²) >= 11 is 0. The van der Waals surface area contributed by atoms with Gasteiger partial charge in [0.15, 0.2) is 0 Å². The highest BCUT2D eigenvalue weighted by molar-refractivity contribution is 5.80. The van der Waals surface area contributed by atoms with Gasteiger partial charge in [0.1, 0.15) is 12.4 Å². The number of piperidine rings is 1. The summed E-state index contributed by atoms with van der Waals surface area (Å²) in [5.41, 5.74) is 1.22. The zero-order chi connectivity index (χ0) is 28.2. The monoisotopic (exact) mass is 543 g/mol. The smallest absolute Gasteiger partial charge is 0.475 e. The number of hydrogen-bond acceptors (Lipinski definition) is 8. The Bertz CT molecular complexity index is 957. The van der Waals surface area contributed by atoms with E-state index in [4.69, 9.17) is 19.8 Å². The topological polar surface area (TPSA) is 163 Å². The molecule has 3 heterocycles. The van der Waals surface area contributed by atoms with Crippen LogP contribution in [-0.2, 0) is 20.9 Å². The van der Waals surface area contributed by atoms with Gasteiger partial charge in [0.05, 0.1) is 0 Å². The molecule has 0 aromatic carbocycles. The van der Waals surface area contributed by atoms with Crippen LogP contribution in [-0.4, -0.2) is 89.6 Å². The van der Waals surface area contributed by atoms with Crippen LogP contribution in [0.2, 0.25) is 0 Å². The lowest BCUT2D eigenvalue weighted by Gasteiger charge is -2.32. The van der Waals surface area contributed by atoms with Crippen molar-refractivity contribution in [2.75, 3.05) is 13.1 Å². The third-order valence-electron chi connectivity index (χ3n) is 4.69. The van der Waals surface area contributed by atoms with Gasteiger partial charge in [-0.1, -0.05) is 6.07 Å². The summed E-state index contributed by atoms with van der Waals surface area (Å²) in [6, 6.07) is 3.88. The number of amides is 1. The van der Waals surface area contributed by atoms with E-state index >= 15 is 0 Å². The number of carbonyl (C=O) groups is 3. The molecule has 0 radical (unpaired) electrons. The lowest BCUT2D eigenvalue weighted by atomic mass is 10.0. The van der Waals surface area contributed by atoms with Gasteiger partial charge in [-0.15, -0.1) is 5.10 Å². The van der Waals surface area contributed by atoms with Crippen molar-refractivity contribution in [2.45, 2.75) is 50.7 Å². The highest BCUT2D eigenvalue weighted by Crippen LogP contribution is 2.15. The lowest BCUT2D eigenvalue weighted by molar-refractivity contribution is -0.193. The van der Waals surface area contributed by atoms with E-state index in [-0.39, 0.29) is 11.9 Å². The highest BCUT2D eigenvalue weighted by Gasteiger charge is 2.38. The van der Waals surface area contributed by atoms with E-state index in [2.05, 4.69) is 36.8 Å². The number of carbonyl (C=O) groups excluding carboxylic acids is 1. The zero-order valence-corrected chi connectivity index (χ0v) is 19.1. The van der Waals surface area contributed by atoms with E-state index in [1.54, 1.807) is 13.1 Å². The number of carboxylic acids is 2. The van der Waals surface area contributed by atoms with Crippen LogP contribution in [0.1, 0.15) is 31.4 Å². The second kappa shape index (κ2) is 14.0. The SMILES string of the molecule is C[C@@H](C(=O)NC1CCN(Cc2cccnc2)CC1)n1cnnn1.O=C(O)C(F)(F)F.O=C(O)C(F)(F)F. The fourth-order valence-corrected chi connectivity index (χ4v) is 2.77. The number of aliphatic carboxylic acids is 2. The van der Waals surface area contributed by atoms with Crippen molar-refractivity contribution in [3.05, 3.63) is 36.4 Å². The first-order valence-corrected chi connectivity index (χ1v) is 10.4. The van der Waals surface area contributed by atoms with E-state index in [0.717, 1.165) is 32.5 Å². The summed E-state index contributed by atoms with van der Waals surface area (Å²) in [5.74, 6) is -5.55. The van der Waals surface area contributed by atoms with Crippen LogP contribution in [0.3, 0.4) is 0 Å². The first-order chi connectivity index (χ1) is 17.1. The number of alkyl halides is 6. The van der Waals surface area contributed by atoms with Gasteiger partial charge in [-0.3, -0.25) is 14.7 Å². The predicted molar refractivity (Wildman–Crippen MR) is 111 cm³/mol. The van der Waals surface area contributed by atoms with Gasteiger partial charge >= 0.3 is 24.3 Å². The molecule has 1 saturated heterocycles. The molecule has 0 spiro atoms. The van der Waals surface area contributed by atoms with Crippen LogP contribution in [0.4, 0.5) is 26.3 Å². The second-order valence-electron chi connectivity index (χ2n) is 7.49. The number of tetrazole rings is 1. The van der Waals surface area contributed by atoms with Crippen molar-refractivity contribution in [3.8, 4) is 0 Å². The van der Waals surface area contributed by atoms with Gasteiger partial charge in [0, 0.05) is 38.1 Å². The summed E-state index contributed by atoms with van der Waals surface area (Å²) in [4.78, 5) is 36.6. The lowest BCUT2D eigenvalue weighted by Crippen LogP contribution is -2.46. The zero-order valence-electron chi connectivity index (χ0n) is 19.1. The Morgan fingerprint density at radius 3 is 2.03 bits per heavy atom. The molecular weight excluding hydrogens is 520 g/mol. The van der Waals surface area contributed by atoms with Gasteiger partial charge < -0.3 is 15.5 Å². The fourth-order valence-electron chi connectivity index (χ4n) is 2.77. The molecule has 1 aliphatic rings. The van der Waals surface area contributed by atoms with Crippen LogP contribution >= 0.6 is 0 Å². The van der Waals surface area contributed by atoms with E-state index in [1.165, 1.54) is 16.6 Å². The van der Waals surface area contributed by atoms with E-state index in [9.17, 15) is 31.1 Å². The molecule has 0 aliphatic carbocycles. The average Bonchev–Trinajstić information content (AvgIpc) is 3.35. The Labute approximate surface area is 205 Å².